The van der Waals surface area contributed by atoms with Gasteiger partial charge in [-0.1, -0.05) is 15.9 Å². The summed E-state index contributed by atoms with van der Waals surface area (Å²) in [5, 5.41) is 2.83. The van der Waals surface area contributed by atoms with Crippen LogP contribution in [0, 0.1) is 11.6 Å². The molecule has 0 heterocycles. The standard InChI is InChI=1S/C14H13BrF2N2O/c1-2-20-14-7-13(11(18)6-10(14)17)19-12-4-3-8(15)5-9(12)16/h3-7,19H,2,18H2,1H3. The summed E-state index contributed by atoms with van der Waals surface area (Å²) < 4.78 is 33.1. The molecule has 6 heteroatoms. The lowest BCUT2D eigenvalue weighted by molar-refractivity contribution is 0.322. The number of ether oxygens (including phenoxy) is 1. The Hall–Kier alpha value is -1.82. The molecule has 0 bridgehead atoms. The second-order valence-electron chi connectivity index (χ2n) is 4.05. The molecule has 20 heavy (non-hydrogen) atoms. The molecule has 0 spiro atoms. The van der Waals surface area contributed by atoms with Crippen molar-refractivity contribution >= 4 is 33.0 Å². The van der Waals surface area contributed by atoms with Crippen molar-refractivity contribution in [2.75, 3.05) is 17.7 Å². The predicted octanol–water partition coefficient (Wildman–Crippen LogP) is 4.45. The van der Waals surface area contributed by atoms with Gasteiger partial charge in [0.25, 0.3) is 0 Å². The van der Waals surface area contributed by atoms with Crippen LogP contribution in [0.15, 0.2) is 34.8 Å². The van der Waals surface area contributed by atoms with E-state index in [1.807, 2.05) is 0 Å². The number of rotatable bonds is 4. The molecule has 0 atom stereocenters. The molecule has 0 saturated carbocycles. The normalized spacial score (nSPS) is 10.4. The molecule has 2 aromatic carbocycles. The highest BCUT2D eigenvalue weighted by Gasteiger charge is 2.11. The average molecular weight is 343 g/mol. The third kappa shape index (κ3) is 3.19. The number of halogens is 3. The lowest BCUT2D eigenvalue weighted by atomic mass is 10.2. The first-order valence-electron chi connectivity index (χ1n) is 5.95. The van der Waals surface area contributed by atoms with Crippen LogP contribution in [0.25, 0.3) is 0 Å². The predicted molar refractivity (Wildman–Crippen MR) is 79.4 cm³/mol. The zero-order chi connectivity index (χ0) is 14.7. The van der Waals surface area contributed by atoms with Crippen LogP contribution < -0.4 is 15.8 Å². The van der Waals surface area contributed by atoms with Crippen molar-refractivity contribution in [3.05, 3.63) is 46.4 Å². The van der Waals surface area contributed by atoms with Gasteiger partial charge in [-0.05, 0) is 25.1 Å². The van der Waals surface area contributed by atoms with Crippen LogP contribution in [-0.2, 0) is 0 Å². The van der Waals surface area contributed by atoms with Gasteiger partial charge in [-0.25, -0.2) is 8.78 Å². The fourth-order valence-corrected chi connectivity index (χ4v) is 2.01. The van der Waals surface area contributed by atoms with E-state index >= 15 is 0 Å². The van der Waals surface area contributed by atoms with E-state index < -0.39 is 11.6 Å². The number of hydrogen-bond donors (Lipinski definition) is 2. The van der Waals surface area contributed by atoms with Crippen molar-refractivity contribution in [1.82, 2.24) is 0 Å². The molecule has 3 nitrogen and oxygen atoms in total. The Bertz CT molecular complexity index is 635. The monoisotopic (exact) mass is 342 g/mol. The Morgan fingerprint density at radius 1 is 1.15 bits per heavy atom. The molecule has 2 rings (SSSR count). The minimum absolute atomic E-state index is 0.0710. The second kappa shape index (κ2) is 6.09. The molecule has 0 aliphatic rings. The summed E-state index contributed by atoms with van der Waals surface area (Å²) in [6.45, 7) is 2.07. The molecule has 0 amide bonds. The molecular weight excluding hydrogens is 330 g/mol. The first kappa shape index (κ1) is 14.6. The lowest BCUT2D eigenvalue weighted by Gasteiger charge is -2.13. The number of benzene rings is 2. The van der Waals surface area contributed by atoms with Gasteiger partial charge in [-0.3, -0.25) is 0 Å². The van der Waals surface area contributed by atoms with E-state index in [0.717, 1.165) is 6.07 Å². The van der Waals surface area contributed by atoms with E-state index in [4.69, 9.17) is 10.5 Å². The summed E-state index contributed by atoms with van der Waals surface area (Å²) in [4.78, 5) is 0. The fourth-order valence-electron chi connectivity index (χ4n) is 1.68. The van der Waals surface area contributed by atoms with Gasteiger partial charge in [0.05, 0.1) is 23.7 Å². The quantitative estimate of drug-likeness (QED) is 0.807. The maximum Gasteiger partial charge on any atom is 0.167 e. The Labute approximate surface area is 123 Å². The average Bonchev–Trinajstić information content (AvgIpc) is 2.38. The van der Waals surface area contributed by atoms with E-state index in [1.165, 1.54) is 12.1 Å². The van der Waals surface area contributed by atoms with Gasteiger partial charge in [-0.15, -0.1) is 0 Å². The van der Waals surface area contributed by atoms with Gasteiger partial charge in [0, 0.05) is 16.6 Å². The van der Waals surface area contributed by atoms with E-state index in [-0.39, 0.29) is 17.1 Å². The summed E-state index contributed by atoms with van der Waals surface area (Å²) in [5.74, 6) is -0.922. The number of nitrogens with one attached hydrogen (secondary N) is 1. The van der Waals surface area contributed by atoms with Gasteiger partial charge >= 0.3 is 0 Å². The van der Waals surface area contributed by atoms with Gasteiger partial charge in [0.15, 0.2) is 11.6 Å². The number of nitrogens with two attached hydrogens (primary N) is 1. The van der Waals surface area contributed by atoms with E-state index in [1.54, 1.807) is 19.1 Å². The maximum atomic E-state index is 13.8. The van der Waals surface area contributed by atoms with E-state index in [0.29, 0.717) is 16.8 Å². The Balaban J connectivity index is 2.35. The van der Waals surface area contributed by atoms with Crippen LogP contribution in [0.2, 0.25) is 0 Å². The summed E-state index contributed by atoms with van der Waals surface area (Å²) in [7, 11) is 0. The van der Waals surface area contributed by atoms with Gasteiger partial charge < -0.3 is 15.8 Å². The van der Waals surface area contributed by atoms with Crippen LogP contribution in [0.3, 0.4) is 0 Å². The van der Waals surface area contributed by atoms with Crippen molar-refractivity contribution in [2.24, 2.45) is 0 Å². The zero-order valence-corrected chi connectivity index (χ0v) is 12.3. The molecule has 0 aliphatic carbocycles. The molecule has 0 saturated heterocycles. The van der Waals surface area contributed by atoms with Crippen LogP contribution >= 0.6 is 15.9 Å². The van der Waals surface area contributed by atoms with Crippen molar-refractivity contribution in [3.8, 4) is 5.75 Å². The Morgan fingerprint density at radius 2 is 1.90 bits per heavy atom. The Morgan fingerprint density at radius 3 is 2.55 bits per heavy atom. The van der Waals surface area contributed by atoms with Crippen LogP contribution in [0.4, 0.5) is 25.8 Å². The van der Waals surface area contributed by atoms with Crippen LogP contribution in [0.1, 0.15) is 6.92 Å². The summed E-state index contributed by atoms with van der Waals surface area (Å²) in [6, 6.07) is 7.13. The molecule has 3 N–H and O–H groups in total. The number of hydrogen-bond acceptors (Lipinski definition) is 3. The summed E-state index contributed by atoms with van der Waals surface area (Å²) in [6.07, 6.45) is 0. The summed E-state index contributed by atoms with van der Waals surface area (Å²) in [5.41, 5.74) is 6.53. The highest BCUT2D eigenvalue weighted by molar-refractivity contribution is 9.10. The van der Waals surface area contributed by atoms with E-state index in [9.17, 15) is 8.78 Å². The van der Waals surface area contributed by atoms with Crippen molar-refractivity contribution in [1.29, 1.82) is 0 Å². The van der Waals surface area contributed by atoms with Crippen molar-refractivity contribution in [2.45, 2.75) is 6.92 Å². The SMILES string of the molecule is CCOc1cc(Nc2ccc(Br)cc2F)c(N)cc1F. The molecule has 0 aliphatic heterocycles. The smallest absolute Gasteiger partial charge is 0.167 e. The van der Waals surface area contributed by atoms with Crippen molar-refractivity contribution in [3.63, 3.8) is 0 Å². The molecule has 0 fully saturated rings. The maximum absolute atomic E-state index is 13.8. The minimum Gasteiger partial charge on any atom is -0.491 e. The van der Waals surface area contributed by atoms with E-state index in [2.05, 4.69) is 21.2 Å². The van der Waals surface area contributed by atoms with Crippen LogP contribution in [-0.4, -0.2) is 6.61 Å². The number of anilines is 3. The first-order valence-corrected chi connectivity index (χ1v) is 6.74. The minimum atomic E-state index is -0.550. The van der Waals surface area contributed by atoms with Gasteiger partial charge in [0.1, 0.15) is 5.82 Å². The first-order chi connectivity index (χ1) is 9.51. The number of nitrogen functional groups attached to an aromatic ring is 1. The molecule has 2 aromatic rings. The molecule has 0 aromatic heterocycles. The van der Waals surface area contributed by atoms with Crippen LogP contribution in [0.5, 0.6) is 5.75 Å². The van der Waals surface area contributed by atoms with Gasteiger partial charge in [-0.2, -0.15) is 0 Å². The van der Waals surface area contributed by atoms with Crippen molar-refractivity contribution < 1.29 is 13.5 Å². The zero-order valence-electron chi connectivity index (χ0n) is 10.7. The Kier molecular flexibility index (Phi) is 4.44. The lowest BCUT2D eigenvalue weighted by Crippen LogP contribution is -2.02. The molecular formula is C14H13BrF2N2O. The second-order valence-corrected chi connectivity index (χ2v) is 4.97. The summed E-state index contributed by atoms with van der Waals surface area (Å²) >= 11 is 3.18. The molecule has 106 valence electrons. The molecule has 0 unspecified atom stereocenters. The third-order valence-corrected chi connectivity index (χ3v) is 3.10. The van der Waals surface area contributed by atoms with Gasteiger partial charge in [0.2, 0.25) is 0 Å². The highest BCUT2D eigenvalue weighted by Crippen LogP contribution is 2.31. The largest absolute Gasteiger partial charge is 0.491 e. The topological polar surface area (TPSA) is 47.3 Å². The fraction of sp³-hybridized carbons (Fsp3) is 0.143. The molecule has 0 radical (unpaired) electrons. The third-order valence-electron chi connectivity index (χ3n) is 2.60. The highest BCUT2D eigenvalue weighted by atomic mass is 79.9.